The second-order valence-corrected chi connectivity index (χ2v) is 11.4. The van der Waals surface area contributed by atoms with Crippen molar-refractivity contribution >= 4 is 23.2 Å². The summed E-state index contributed by atoms with van der Waals surface area (Å²) in [5.74, 6) is -3.55. The monoisotopic (exact) mass is 620 g/mol. The second kappa shape index (κ2) is 12.9. The van der Waals surface area contributed by atoms with Gasteiger partial charge in [0.2, 0.25) is 5.95 Å². The normalized spacial score (nSPS) is 21.0. The number of hydrogen-bond donors (Lipinski definition) is 2. The van der Waals surface area contributed by atoms with E-state index in [1.165, 1.54) is 25.4 Å². The Labute approximate surface area is 259 Å². The number of halogens is 2. The van der Waals surface area contributed by atoms with Crippen molar-refractivity contribution < 1.29 is 28.2 Å². The molecule has 3 saturated heterocycles. The fourth-order valence-corrected chi connectivity index (χ4v) is 5.69. The van der Waals surface area contributed by atoms with Gasteiger partial charge in [-0.1, -0.05) is 0 Å². The van der Waals surface area contributed by atoms with Crippen LogP contribution >= 0.6 is 0 Å². The average Bonchev–Trinajstić information content (AvgIpc) is 3.01. The summed E-state index contributed by atoms with van der Waals surface area (Å²) in [6, 6.07) is 15.1. The number of piperazine rings is 1. The Morgan fingerprint density at radius 1 is 1.13 bits per heavy atom. The molecule has 236 valence electrons. The SMILES string of the molecule is C[C@@H](O)C(=O)N1CC[C@H](Oc2ccc(-c3ncnc(Nc4ccc(N5CCN(C6COC6)CC5)cc4)n3)cc2C#N)C(F)(F)C1. The van der Waals surface area contributed by atoms with Gasteiger partial charge in [-0.2, -0.15) is 10.2 Å². The van der Waals surface area contributed by atoms with Crippen LogP contribution in [0.2, 0.25) is 0 Å². The first-order valence-electron chi connectivity index (χ1n) is 14.9. The number of benzene rings is 2. The van der Waals surface area contributed by atoms with Crippen molar-refractivity contribution in [2.24, 2.45) is 0 Å². The number of nitrogens with one attached hydrogen (secondary N) is 1. The van der Waals surface area contributed by atoms with E-state index in [1.54, 1.807) is 6.07 Å². The maximum absolute atomic E-state index is 14.9. The van der Waals surface area contributed by atoms with Gasteiger partial charge in [-0.05, 0) is 49.4 Å². The molecule has 12 nitrogen and oxygen atoms in total. The average molecular weight is 621 g/mol. The highest BCUT2D eigenvalue weighted by molar-refractivity contribution is 5.80. The van der Waals surface area contributed by atoms with E-state index in [1.807, 2.05) is 18.2 Å². The number of nitrogens with zero attached hydrogens (tertiary/aromatic N) is 7. The summed E-state index contributed by atoms with van der Waals surface area (Å²) < 4.78 is 40.7. The summed E-state index contributed by atoms with van der Waals surface area (Å²) in [6.45, 7) is 5.97. The van der Waals surface area contributed by atoms with Crippen LogP contribution in [0.4, 0.5) is 26.1 Å². The van der Waals surface area contributed by atoms with Crippen molar-refractivity contribution in [3.05, 3.63) is 54.4 Å². The zero-order valence-electron chi connectivity index (χ0n) is 24.8. The van der Waals surface area contributed by atoms with E-state index in [0.29, 0.717) is 17.6 Å². The Morgan fingerprint density at radius 3 is 2.53 bits per heavy atom. The first kappa shape index (κ1) is 30.6. The van der Waals surface area contributed by atoms with Gasteiger partial charge in [0.05, 0.1) is 31.4 Å². The Hall–Kier alpha value is -4.45. The number of hydrogen-bond acceptors (Lipinski definition) is 11. The van der Waals surface area contributed by atoms with Crippen molar-refractivity contribution in [2.45, 2.75) is 37.5 Å². The number of aliphatic hydroxyl groups is 1. The van der Waals surface area contributed by atoms with E-state index in [2.05, 4.69) is 42.2 Å². The second-order valence-electron chi connectivity index (χ2n) is 11.4. The Morgan fingerprint density at radius 2 is 1.89 bits per heavy atom. The van der Waals surface area contributed by atoms with E-state index in [4.69, 9.17) is 9.47 Å². The molecule has 0 unspecified atom stereocenters. The molecule has 0 spiro atoms. The van der Waals surface area contributed by atoms with Gasteiger partial charge in [0.1, 0.15) is 24.3 Å². The number of rotatable bonds is 8. The maximum Gasteiger partial charge on any atom is 0.301 e. The molecule has 2 atom stereocenters. The van der Waals surface area contributed by atoms with Crippen LogP contribution in [0.1, 0.15) is 18.9 Å². The fraction of sp³-hybridized carbons (Fsp3) is 0.452. The molecule has 1 aromatic heterocycles. The predicted octanol–water partition coefficient (Wildman–Crippen LogP) is 2.67. The predicted molar refractivity (Wildman–Crippen MR) is 160 cm³/mol. The molecule has 3 aromatic rings. The van der Waals surface area contributed by atoms with Gasteiger partial charge < -0.3 is 29.7 Å². The van der Waals surface area contributed by atoms with Gasteiger partial charge in [-0.3, -0.25) is 9.69 Å². The molecule has 45 heavy (non-hydrogen) atoms. The number of carbonyl (C=O) groups excluding carboxylic acids is 1. The molecule has 3 fully saturated rings. The van der Waals surface area contributed by atoms with Crippen molar-refractivity contribution in [1.29, 1.82) is 5.26 Å². The third kappa shape index (κ3) is 6.80. The van der Waals surface area contributed by atoms with Crippen molar-refractivity contribution in [3.8, 4) is 23.2 Å². The lowest BCUT2D eigenvalue weighted by atomic mass is 10.0. The minimum absolute atomic E-state index is 0.000879. The highest BCUT2D eigenvalue weighted by atomic mass is 19.3. The molecule has 2 aromatic carbocycles. The lowest BCUT2D eigenvalue weighted by Crippen LogP contribution is -2.56. The van der Waals surface area contributed by atoms with E-state index < -0.39 is 30.6 Å². The fourth-order valence-electron chi connectivity index (χ4n) is 5.69. The molecule has 14 heteroatoms. The Balaban J connectivity index is 1.09. The molecule has 6 rings (SSSR count). The van der Waals surface area contributed by atoms with Gasteiger partial charge in [0.25, 0.3) is 5.91 Å². The summed E-state index contributed by atoms with van der Waals surface area (Å²) in [4.78, 5) is 30.7. The first-order valence-corrected chi connectivity index (χ1v) is 14.9. The molecule has 3 aliphatic heterocycles. The number of anilines is 3. The van der Waals surface area contributed by atoms with Crippen molar-refractivity contribution in [2.75, 3.05) is 62.7 Å². The third-order valence-electron chi connectivity index (χ3n) is 8.34. The van der Waals surface area contributed by atoms with Crippen LogP contribution in [0.3, 0.4) is 0 Å². The molecule has 3 aliphatic rings. The molecular weight excluding hydrogens is 586 g/mol. The summed E-state index contributed by atoms with van der Waals surface area (Å²) >= 11 is 0. The molecule has 0 bridgehead atoms. The molecule has 4 heterocycles. The molecular formula is C31H34F2N8O4. The van der Waals surface area contributed by atoms with Crippen LogP contribution in [0, 0.1) is 11.3 Å². The van der Waals surface area contributed by atoms with E-state index in [0.717, 1.165) is 55.7 Å². The van der Waals surface area contributed by atoms with Crippen molar-refractivity contribution in [3.63, 3.8) is 0 Å². The molecule has 1 amide bonds. The zero-order chi connectivity index (χ0) is 31.6. The topological polar surface area (TPSA) is 140 Å². The summed E-state index contributed by atoms with van der Waals surface area (Å²) in [7, 11) is 0. The third-order valence-corrected chi connectivity index (χ3v) is 8.34. The van der Waals surface area contributed by atoms with E-state index >= 15 is 0 Å². The van der Waals surface area contributed by atoms with Gasteiger partial charge in [0.15, 0.2) is 11.9 Å². The van der Waals surface area contributed by atoms with Crippen LogP contribution in [0.5, 0.6) is 5.75 Å². The van der Waals surface area contributed by atoms with Gasteiger partial charge >= 0.3 is 5.92 Å². The maximum atomic E-state index is 14.9. The number of ether oxygens (including phenoxy) is 2. The minimum Gasteiger partial charge on any atom is -0.483 e. The number of carbonyl (C=O) groups is 1. The summed E-state index contributed by atoms with van der Waals surface area (Å²) in [6.07, 6.45) is -1.72. The molecule has 0 saturated carbocycles. The summed E-state index contributed by atoms with van der Waals surface area (Å²) in [5.41, 5.74) is 2.46. The number of aromatic nitrogens is 3. The van der Waals surface area contributed by atoms with E-state index in [9.17, 15) is 23.9 Å². The van der Waals surface area contributed by atoms with Crippen molar-refractivity contribution in [1.82, 2.24) is 24.8 Å². The van der Waals surface area contributed by atoms with Crippen LogP contribution in [0.15, 0.2) is 48.8 Å². The lowest BCUT2D eigenvalue weighted by molar-refractivity contribution is -0.165. The zero-order valence-corrected chi connectivity index (χ0v) is 24.8. The number of alkyl halides is 2. The smallest absolute Gasteiger partial charge is 0.301 e. The van der Waals surface area contributed by atoms with Crippen LogP contribution in [0.25, 0.3) is 11.4 Å². The van der Waals surface area contributed by atoms with Gasteiger partial charge in [-0.15, -0.1) is 0 Å². The lowest BCUT2D eigenvalue weighted by Gasteiger charge is -2.43. The molecule has 0 aliphatic carbocycles. The Bertz CT molecular complexity index is 1560. The quantitative estimate of drug-likeness (QED) is 0.384. The molecule has 0 radical (unpaired) electrons. The van der Waals surface area contributed by atoms with E-state index in [-0.39, 0.29) is 30.1 Å². The Kier molecular flexibility index (Phi) is 8.75. The number of nitriles is 1. The standard InChI is InChI=1S/C31H34F2N8O4/c1-20(42)29(43)41-9-8-27(31(32,33)18-41)45-26-7-2-21(14-22(26)15-34)28-35-19-36-30(38-28)37-23-3-5-24(6-4-23)39-10-12-40(13-11-39)25-16-44-17-25/h2-7,14,19-20,25,27,42H,8-13,16-18H2,1H3,(H,35,36,37,38)/t20-,27+/m1/s1. The summed E-state index contributed by atoms with van der Waals surface area (Å²) in [5, 5.41) is 22.4. The first-order chi connectivity index (χ1) is 21.7. The molecule has 2 N–H and O–H groups in total. The number of amides is 1. The van der Waals surface area contributed by atoms with Gasteiger partial charge in [0, 0.05) is 56.1 Å². The van der Waals surface area contributed by atoms with Crippen LogP contribution < -0.4 is 15.0 Å². The van der Waals surface area contributed by atoms with Crippen LogP contribution in [-0.4, -0.2) is 112 Å². The minimum atomic E-state index is -3.37. The number of likely N-dealkylation sites (tertiary alicyclic amines) is 1. The highest BCUT2D eigenvalue weighted by Crippen LogP contribution is 2.34. The number of piperidine rings is 1. The van der Waals surface area contributed by atoms with Crippen LogP contribution in [-0.2, 0) is 9.53 Å². The number of aliphatic hydroxyl groups excluding tert-OH is 1. The van der Waals surface area contributed by atoms with Gasteiger partial charge in [-0.25, -0.2) is 18.7 Å². The highest BCUT2D eigenvalue weighted by Gasteiger charge is 2.48. The largest absolute Gasteiger partial charge is 0.483 e.